The van der Waals surface area contributed by atoms with Crippen LogP contribution in [0, 0.1) is 0 Å². The zero-order chi connectivity index (χ0) is 15.8. The fourth-order valence-electron chi connectivity index (χ4n) is 1.97. The van der Waals surface area contributed by atoms with Gasteiger partial charge in [0.05, 0.1) is 12.7 Å². The van der Waals surface area contributed by atoms with Crippen LogP contribution in [0.5, 0.6) is 5.75 Å². The molecular weight excluding hydrogens is 316 g/mol. The van der Waals surface area contributed by atoms with E-state index in [9.17, 15) is 8.42 Å². The highest BCUT2D eigenvalue weighted by molar-refractivity contribution is 7.89. The van der Waals surface area contributed by atoms with Crippen LogP contribution in [-0.4, -0.2) is 30.3 Å². The Balaban J connectivity index is 2.74. The first-order valence-corrected chi connectivity index (χ1v) is 7.99. The van der Waals surface area contributed by atoms with Crippen molar-refractivity contribution in [2.75, 3.05) is 7.11 Å². The Labute approximate surface area is 127 Å². The molecule has 21 heavy (non-hydrogen) atoms. The summed E-state index contributed by atoms with van der Waals surface area (Å²) >= 11 is 5.92. The summed E-state index contributed by atoms with van der Waals surface area (Å²) in [6, 6.07) is 4.77. The van der Waals surface area contributed by atoms with E-state index in [0.29, 0.717) is 22.2 Å². The molecule has 0 spiro atoms. The first-order valence-electron chi connectivity index (χ1n) is 6.07. The number of benzene rings is 1. The predicted octanol–water partition coefficient (Wildman–Crippen LogP) is 1.84. The van der Waals surface area contributed by atoms with Gasteiger partial charge in [0.2, 0.25) is 0 Å². The third-order valence-electron chi connectivity index (χ3n) is 2.84. The summed E-state index contributed by atoms with van der Waals surface area (Å²) in [5.41, 5.74) is 0.581. The SMILES string of the molecule is COc1cc(Cl)ccc1-c1nnc(S(N)(=O)=O)n1C(C)C. The van der Waals surface area contributed by atoms with Crippen LogP contribution in [0.3, 0.4) is 0 Å². The van der Waals surface area contributed by atoms with Crippen molar-refractivity contribution >= 4 is 21.6 Å². The van der Waals surface area contributed by atoms with E-state index in [0.717, 1.165) is 0 Å². The third-order valence-corrected chi connectivity index (χ3v) is 3.86. The number of ether oxygens (including phenoxy) is 1. The third kappa shape index (κ3) is 3.02. The van der Waals surface area contributed by atoms with Crippen molar-refractivity contribution in [3.63, 3.8) is 0 Å². The number of halogens is 1. The lowest BCUT2D eigenvalue weighted by atomic mass is 10.2. The normalized spacial score (nSPS) is 11.9. The highest BCUT2D eigenvalue weighted by atomic mass is 35.5. The molecule has 0 radical (unpaired) electrons. The number of nitrogens with two attached hydrogens (primary N) is 1. The van der Waals surface area contributed by atoms with Gasteiger partial charge in [0, 0.05) is 11.1 Å². The van der Waals surface area contributed by atoms with Crippen molar-refractivity contribution in [2.45, 2.75) is 25.0 Å². The first-order chi connectivity index (χ1) is 9.75. The predicted molar refractivity (Wildman–Crippen MR) is 78.8 cm³/mol. The van der Waals surface area contributed by atoms with Crippen LogP contribution in [-0.2, 0) is 10.0 Å². The molecule has 2 aromatic rings. The Morgan fingerprint density at radius 2 is 2.00 bits per heavy atom. The number of hydrogen-bond acceptors (Lipinski definition) is 5. The lowest BCUT2D eigenvalue weighted by molar-refractivity contribution is 0.415. The highest BCUT2D eigenvalue weighted by Crippen LogP contribution is 2.33. The largest absolute Gasteiger partial charge is 0.496 e. The molecule has 0 fully saturated rings. The molecule has 9 heteroatoms. The summed E-state index contributed by atoms with van der Waals surface area (Å²) < 4.78 is 29.9. The van der Waals surface area contributed by atoms with Crippen molar-refractivity contribution in [2.24, 2.45) is 5.14 Å². The molecule has 0 aliphatic heterocycles. The van der Waals surface area contributed by atoms with Crippen molar-refractivity contribution in [1.82, 2.24) is 14.8 Å². The molecule has 0 saturated heterocycles. The van der Waals surface area contributed by atoms with Crippen LogP contribution in [0.4, 0.5) is 0 Å². The molecule has 2 rings (SSSR count). The van der Waals surface area contributed by atoms with E-state index in [4.69, 9.17) is 21.5 Å². The molecule has 1 aromatic carbocycles. The summed E-state index contributed by atoms with van der Waals surface area (Å²) in [5, 5.41) is 13.0. The van der Waals surface area contributed by atoms with Gasteiger partial charge >= 0.3 is 0 Å². The summed E-state index contributed by atoms with van der Waals surface area (Å²) in [7, 11) is -2.48. The van der Waals surface area contributed by atoms with E-state index in [-0.39, 0.29) is 11.2 Å². The van der Waals surface area contributed by atoms with Crippen LogP contribution >= 0.6 is 11.6 Å². The zero-order valence-corrected chi connectivity index (χ0v) is 13.3. The van der Waals surface area contributed by atoms with Gasteiger partial charge in [-0.2, -0.15) is 0 Å². The maximum atomic E-state index is 11.6. The van der Waals surface area contributed by atoms with Gasteiger partial charge in [-0.1, -0.05) is 11.6 Å². The molecule has 114 valence electrons. The minimum atomic E-state index is -3.97. The van der Waals surface area contributed by atoms with Gasteiger partial charge in [-0.15, -0.1) is 10.2 Å². The van der Waals surface area contributed by atoms with Crippen LogP contribution in [0.2, 0.25) is 5.02 Å². The smallest absolute Gasteiger partial charge is 0.273 e. The van der Waals surface area contributed by atoms with Gasteiger partial charge in [0.1, 0.15) is 5.75 Å². The molecule has 0 saturated carbocycles. The Morgan fingerprint density at radius 1 is 1.33 bits per heavy atom. The van der Waals surface area contributed by atoms with E-state index in [1.54, 1.807) is 18.2 Å². The number of sulfonamides is 1. The van der Waals surface area contributed by atoms with Gasteiger partial charge in [-0.25, -0.2) is 13.6 Å². The average Bonchev–Trinajstić information content (AvgIpc) is 2.83. The lowest BCUT2D eigenvalue weighted by Crippen LogP contribution is -2.20. The van der Waals surface area contributed by atoms with Gasteiger partial charge in [-0.3, -0.25) is 4.57 Å². The molecule has 0 atom stereocenters. The van der Waals surface area contributed by atoms with Gasteiger partial charge in [-0.05, 0) is 32.0 Å². The number of rotatable bonds is 4. The summed E-state index contributed by atoms with van der Waals surface area (Å²) in [5.74, 6) is 0.820. The minimum Gasteiger partial charge on any atom is -0.496 e. The molecule has 0 amide bonds. The summed E-state index contributed by atoms with van der Waals surface area (Å²) in [6.07, 6.45) is 0. The molecular formula is C12H15ClN4O3S. The number of aromatic nitrogens is 3. The average molecular weight is 331 g/mol. The second-order valence-electron chi connectivity index (χ2n) is 4.66. The van der Waals surface area contributed by atoms with E-state index in [1.165, 1.54) is 11.7 Å². The highest BCUT2D eigenvalue weighted by Gasteiger charge is 2.25. The minimum absolute atomic E-state index is 0.205. The van der Waals surface area contributed by atoms with Gasteiger partial charge < -0.3 is 4.74 Å². The van der Waals surface area contributed by atoms with Crippen molar-refractivity contribution < 1.29 is 13.2 Å². The Morgan fingerprint density at radius 3 is 2.52 bits per heavy atom. The number of methoxy groups -OCH3 is 1. The zero-order valence-electron chi connectivity index (χ0n) is 11.7. The number of hydrogen-bond donors (Lipinski definition) is 1. The fraction of sp³-hybridized carbons (Fsp3) is 0.333. The lowest BCUT2D eigenvalue weighted by Gasteiger charge is -2.14. The summed E-state index contributed by atoms with van der Waals surface area (Å²) in [4.78, 5) is 0. The molecule has 1 aromatic heterocycles. The Bertz CT molecular complexity index is 771. The molecule has 0 unspecified atom stereocenters. The van der Waals surface area contributed by atoms with Gasteiger partial charge in [0.15, 0.2) is 5.82 Å². The Hall–Kier alpha value is -1.64. The quantitative estimate of drug-likeness (QED) is 0.921. The second-order valence-corrected chi connectivity index (χ2v) is 6.55. The molecule has 0 bridgehead atoms. The monoisotopic (exact) mass is 330 g/mol. The molecule has 2 N–H and O–H groups in total. The van der Waals surface area contributed by atoms with Crippen LogP contribution in [0.15, 0.2) is 23.4 Å². The van der Waals surface area contributed by atoms with Crippen molar-refractivity contribution in [3.05, 3.63) is 23.2 Å². The van der Waals surface area contributed by atoms with Crippen LogP contribution in [0.1, 0.15) is 19.9 Å². The maximum Gasteiger partial charge on any atom is 0.273 e. The first kappa shape index (κ1) is 15.7. The summed E-state index contributed by atoms with van der Waals surface area (Å²) in [6.45, 7) is 3.62. The van der Waals surface area contributed by atoms with Crippen LogP contribution < -0.4 is 9.88 Å². The fourth-order valence-corrected chi connectivity index (χ4v) is 2.86. The molecule has 0 aliphatic carbocycles. The topological polar surface area (TPSA) is 100 Å². The van der Waals surface area contributed by atoms with Crippen LogP contribution in [0.25, 0.3) is 11.4 Å². The standard InChI is InChI=1S/C12H15ClN4O3S/c1-7(2)17-11(15-16-12(17)21(14,18)19)9-5-4-8(13)6-10(9)20-3/h4-7H,1-3H3,(H2,14,18,19). The molecule has 0 aliphatic rings. The second kappa shape index (κ2) is 5.63. The van der Waals surface area contributed by atoms with Crippen molar-refractivity contribution in [3.8, 4) is 17.1 Å². The van der Waals surface area contributed by atoms with Crippen molar-refractivity contribution in [1.29, 1.82) is 0 Å². The number of primary sulfonamides is 1. The van der Waals surface area contributed by atoms with E-state index in [1.807, 2.05) is 13.8 Å². The number of nitrogens with zero attached hydrogens (tertiary/aromatic N) is 3. The van der Waals surface area contributed by atoms with Gasteiger partial charge in [0.25, 0.3) is 15.2 Å². The molecule has 7 nitrogen and oxygen atoms in total. The van der Waals surface area contributed by atoms with E-state index in [2.05, 4.69) is 10.2 Å². The van der Waals surface area contributed by atoms with E-state index >= 15 is 0 Å². The van der Waals surface area contributed by atoms with E-state index < -0.39 is 10.0 Å². The molecule has 1 heterocycles. The Kier molecular flexibility index (Phi) is 4.22. The maximum absolute atomic E-state index is 11.6.